The monoisotopic (exact) mass is 456 g/mol. The van der Waals surface area contributed by atoms with Crippen molar-refractivity contribution < 1.29 is 17.6 Å². The van der Waals surface area contributed by atoms with Crippen LogP contribution in [0.25, 0.3) is 11.1 Å². The Morgan fingerprint density at radius 2 is 2.00 bits per heavy atom. The number of imidazole rings is 1. The summed E-state index contributed by atoms with van der Waals surface area (Å²) in [5.74, 6) is -1.19. The van der Waals surface area contributed by atoms with Gasteiger partial charge in [-0.25, -0.2) is 14.1 Å². The van der Waals surface area contributed by atoms with Crippen LogP contribution in [0.2, 0.25) is 0 Å². The summed E-state index contributed by atoms with van der Waals surface area (Å²) in [5.41, 5.74) is 3.25. The summed E-state index contributed by atoms with van der Waals surface area (Å²) < 4.78 is 43.7. The molecule has 0 radical (unpaired) electrons. The van der Waals surface area contributed by atoms with Crippen LogP contribution in [-0.4, -0.2) is 28.9 Å². The number of carbonyl (C=O) groups is 1. The SMILES string of the molecule is Cc1cc(-c2cc(F)cc(C(C)C)c2CC(=O)NS(=O)(=O)c2cn(C3CC3)cn2)ccn1. The van der Waals surface area contributed by atoms with E-state index in [4.69, 9.17) is 0 Å². The molecule has 1 aliphatic rings. The fourth-order valence-electron chi connectivity index (χ4n) is 3.77. The molecule has 2 aromatic heterocycles. The summed E-state index contributed by atoms with van der Waals surface area (Å²) in [6, 6.07) is 6.60. The zero-order valence-corrected chi connectivity index (χ0v) is 19.0. The number of benzene rings is 1. The lowest BCUT2D eigenvalue weighted by atomic mass is 9.88. The van der Waals surface area contributed by atoms with Crippen molar-refractivity contribution in [2.24, 2.45) is 0 Å². The van der Waals surface area contributed by atoms with Crippen molar-refractivity contribution in [3.8, 4) is 11.1 Å². The second kappa shape index (κ2) is 8.46. The van der Waals surface area contributed by atoms with Gasteiger partial charge in [-0.05, 0) is 72.2 Å². The van der Waals surface area contributed by atoms with Gasteiger partial charge in [-0.1, -0.05) is 13.8 Å². The summed E-state index contributed by atoms with van der Waals surface area (Å²) in [5, 5.41) is -0.189. The predicted octanol–water partition coefficient (Wildman–Crippen LogP) is 3.90. The smallest absolute Gasteiger partial charge is 0.283 e. The van der Waals surface area contributed by atoms with Crippen LogP contribution in [0.15, 0.2) is 48.0 Å². The Morgan fingerprint density at radius 3 is 2.66 bits per heavy atom. The molecule has 0 saturated heterocycles. The van der Waals surface area contributed by atoms with Gasteiger partial charge in [0.05, 0.1) is 12.7 Å². The molecule has 32 heavy (non-hydrogen) atoms. The molecular weight excluding hydrogens is 431 g/mol. The van der Waals surface area contributed by atoms with Crippen molar-refractivity contribution in [3.05, 3.63) is 65.6 Å². The number of rotatable bonds is 7. The maximum Gasteiger partial charge on any atom is 0.283 e. The van der Waals surface area contributed by atoms with Gasteiger partial charge < -0.3 is 4.57 Å². The van der Waals surface area contributed by atoms with E-state index in [2.05, 4.69) is 14.7 Å². The highest BCUT2D eigenvalue weighted by molar-refractivity contribution is 7.90. The van der Waals surface area contributed by atoms with Crippen molar-refractivity contribution in [1.82, 2.24) is 19.3 Å². The van der Waals surface area contributed by atoms with Gasteiger partial charge in [-0.15, -0.1) is 0 Å². The lowest BCUT2D eigenvalue weighted by Gasteiger charge is -2.18. The molecule has 1 amide bonds. The third kappa shape index (κ3) is 4.72. The molecule has 7 nitrogen and oxygen atoms in total. The van der Waals surface area contributed by atoms with E-state index in [1.54, 1.807) is 16.8 Å². The van der Waals surface area contributed by atoms with Crippen LogP contribution in [0, 0.1) is 12.7 Å². The molecule has 9 heteroatoms. The number of amides is 1. The van der Waals surface area contributed by atoms with Gasteiger partial charge in [-0.2, -0.15) is 8.42 Å². The van der Waals surface area contributed by atoms with E-state index < -0.39 is 21.7 Å². The molecule has 0 bridgehead atoms. The minimum atomic E-state index is -4.11. The zero-order valence-electron chi connectivity index (χ0n) is 18.2. The first-order chi connectivity index (χ1) is 15.1. The number of nitrogens with zero attached hydrogens (tertiary/aromatic N) is 3. The molecule has 3 aromatic rings. The average molecular weight is 457 g/mol. The van der Waals surface area contributed by atoms with Gasteiger partial charge in [0.1, 0.15) is 5.82 Å². The minimum Gasteiger partial charge on any atom is -0.333 e. The number of halogens is 1. The molecule has 0 unspecified atom stereocenters. The second-order valence-corrected chi connectivity index (χ2v) is 10.1. The number of hydrogen-bond acceptors (Lipinski definition) is 5. The molecule has 2 heterocycles. The molecule has 1 aromatic carbocycles. The average Bonchev–Trinajstić information content (AvgIpc) is 3.44. The lowest BCUT2D eigenvalue weighted by molar-refractivity contribution is -0.118. The van der Waals surface area contributed by atoms with E-state index in [1.807, 2.05) is 26.8 Å². The van der Waals surface area contributed by atoms with E-state index in [1.165, 1.54) is 24.7 Å². The minimum absolute atomic E-state index is 0.0685. The van der Waals surface area contributed by atoms with E-state index >= 15 is 0 Å². The van der Waals surface area contributed by atoms with E-state index in [9.17, 15) is 17.6 Å². The number of aryl methyl sites for hydroxylation is 1. The fourth-order valence-corrected chi connectivity index (χ4v) is 4.69. The molecule has 0 atom stereocenters. The van der Waals surface area contributed by atoms with Crippen molar-refractivity contribution >= 4 is 15.9 Å². The van der Waals surface area contributed by atoms with Crippen LogP contribution < -0.4 is 4.72 Å². The third-order valence-electron chi connectivity index (χ3n) is 5.49. The lowest BCUT2D eigenvalue weighted by Crippen LogP contribution is -2.32. The number of hydrogen-bond donors (Lipinski definition) is 1. The largest absolute Gasteiger partial charge is 0.333 e. The topological polar surface area (TPSA) is 94.0 Å². The Morgan fingerprint density at radius 1 is 1.25 bits per heavy atom. The van der Waals surface area contributed by atoms with E-state index in [0.29, 0.717) is 22.3 Å². The van der Waals surface area contributed by atoms with E-state index in [-0.39, 0.29) is 23.4 Å². The Balaban J connectivity index is 1.65. The zero-order chi connectivity index (χ0) is 23.0. The molecule has 0 spiro atoms. The number of pyridine rings is 1. The van der Waals surface area contributed by atoms with Crippen LogP contribution >= 0.6 is 0 Å². The summed E-state index contributed by atoms with van der Waals surface area (Å²) >= 11 is 0. The Kier molecular flexibility index (Phi) is 5.85. The maximum atomic E-state index is 14.4. The molecule has 1 saturated carbocycles. The molecule has 4 rings (SSSR count). The maximum absolute atomic E-state index is 14.4. The second-order valence-electron chi connectivity index (χ2n) is 8.46. The Bertz CT molecular complexity index is 1280. The highest BCUT2D eigenvalue weighted by Gasteiger charge is 2.27. The predicted molar refractivity (Wildman–Crippen MR) is 118 cm³/mol. The van der Waals surface area contributed by atoms with Gasteiger partial charge >= 0.3 is 0 Å². The van der Waals surface area contributed by atoms with E-state index in [0.717, 1.165) is 18.5 Å². The summed E-state index contributed by atoms with van der Waals surface area (Å²) in [4.78, 5) is 21.0. The van der Waals surface area contributed by atoms with Crippen LogP contribution in [0.1, 0.15) is 55.5 Å². The van der Waals surface area contributed by atoms with Crippen LogP contribution in [-0.2, 0) is 21.2 Å². The molecule has 0 aliphatic heterocycles. The van der Waals surface area contributed by atoms with Gasteiger partial charge in [-0.3, -0.25) is 9.78 Å². The van der Waals surface area contributed by atoms with Crippen LogP contribution in [0.5, 0.6) is 0 Å². The molecule has 168 valence electrons. The van der Waals surface area contributed by atoms with Crippen LogP contribution in [0.4, 0.5) is 4.39 Å². The third-order valence-corrected chi connectivity index (χ3v) is 6.74. The fraction of sp³-hybridized carbons (Fsp3) is 0.348. The summed E-state index contributed by atoms with van der Waals surface area (Å²) in [6.45, 7) is 5.63. The number of carbonyl (C=O) groups excluding carboxylic acids is 1. The van der Waals surface area contributed by atoms with Gasteiger partial charge in [0.15, 0.2) is 5.03 Å². The van der Waals surface area contributed by atoms with Crippen molar-refractivity contribution in [3.63, 3.8) is 0 Å². The quantitative estimate of drug-likeness (QED) is 0.582. The number of sulfonamides is 1. The van der Waals surface area contributed by atoms with Crippen molar-refractivity contribution in [1.29, 1.82) is 0 Å². The Labute approximate surface area is 186 Å². The summed E-state index contributed by atoms with van der Waals surface area (Å²) in [7, 11) is -4.11. The molecule has 1 fully saturated rings. The first-order valence-corrected chi connectivity index (χ1v) is 12.0. The molecular formula is C23H25FN4O3S. The molecule has 1 aliphatic carbocycles. The first kappa shape index (κ1) is 22.1. The standard InChI is InChI=1S/C23H25FN4O3S/c1-14(2)19-9-17(24)10-20(16-6-7-25-15(3)8-16)21(19)11-22(29)27-32(30,31)23-12-28(13-26-23)18-4-5-18/h6-10,12-14,18H,4-5,11H2,1-3H3,(H,27,29). The van der Waals surface area contributed by atoms with Crippen molar-refractivity contribution in [2.45, 2.75) is 57.0 Å². The van der Waals surface area contributed by atoms with Crippen LogP contribution in [0.3, 0.4) is 0 Å². The highest BCUT2D eigenvalue weighted by Crippen LogP contribution is 2.35. The Hall–Kier alpha value is -3.07. The van der Waals surface area contributed by atoms with Crippen molar-refractivity contribution in [2.75, 3.05) is 0 Å². The summed E-state index contributed by atoms with van der Waals surface area (Å²) in [6.07, 6.45) is 6.29. The van der Waals surface area contributed by atoms with Gasteiger partial charge in [0.25, 0.3) is 10.0 Å². The number of aromatic nitrogens is 3. The van der Waals surface area contributed by atoms with Gasteiger partial charge in [0.2, 0.25) is 5.91 Å². The number of nitrogens with one attached hydrogen (secondary N) is 1. The molecule has 1 N–H and O–H groups in total. The first-order valence-electron chi connectivity index (χ1n) is 10.5. The van der Waals surface area contributed by atoms with Gasteiger partial charge in [0, 0.05) is 24.1 Å². The normalized spacial score (nSPS) is 14.0. The highest BCUT2D eigenvalue weighted by atomic mass is 32.2.